The quantitative estimate of drug-likeness (QED) is 0.599. The van der Waals surface area contributed by atoms with Gasteiger partial charge in [-0.3, -0.25) is 4.79 Å². The molecule has 0 fully saturated rings. The summed E-state index contributed by atoms with van der Waals surface area (Å²) in [6.45, 7) is 0.470. The zero-order valence-corrected chi connectivity index (χ0v) is 9.71. The minimum absolute atomic E-state index is 0.264. The van der Waals surface area contributed by atoms with Crippen LogP contribution in [-0.2, 0) is 11.3 Å². The second-order valence-electron chi connectivity index (χ2n) is 3.36. The molecule has 2 heterocycles. The van der Waals surface area contributed by atoms with Crippen LogP contribution in [0.25, 0.3) is 11.4 Å². The fourth-order valence-electron chi connectivity index (χ4n) is 1.30. The van der Waals surface area contributed by atoms with E-state index in [1.54, 1.807) is 35.5 Å². The first-order valence-corrected chi connectivity index (χ1v) is 5.45. The van der Waals surface area contributed by atoms with Gasteiger partial charge in [0.2, 0.25) is 5.24 Å². The van der Waals surface area contributed by atoms with Crippen LogP contribution >= 0.6 is 11.6 Å². The zero-order chi connectivity index (χ0) is 12.1. The number of aromatic nitrogens is 4. The number of nitrogens with zero attached hydrogens (tertiary/aromatic N) is 4. The van der Waals surface area contributed by atoms with Gasteiger partial charge in [-0.2, -0.15) is 0 Å². The molecule has 6 heteroatoms. The van der Waals surface area contributed by atoms with Crippen molar-refractivity contribution < 1.29 is 9.48 Å². The summed E-state index contributed by atoms with van der Waals surface area (Å²) in [4.78, 5) is 18.8. The molecule has 0 bridgehead atoms. The number of carbonyl (C=O) groups excluding carboxylic acids is 1. The van der Waals surface area contributed by atoms with Crippen LogP contribution in [0.1, 0.15) is 6.42 Å². The van der Waals surface area contributed by atoms with E-state index in [1.165, 1.54) is 0 Å². The summed E-state index contributed by atoms with van der Waals surface area (Å²) in [6, 6.07) is 3.60. The van der Waals surface area contributed by atoms with Crippen LogP contribution in [0.2, 0.25) is 0 Å². The van der Waals surface area contributed by atoms with E-state index in [0.717, 1.165) is 5.56 Å². The van der Waals surface area contributed by atoms with Crippen LogP contribution in [0.4, 0.5) is 0 Å². The minimum atomic E-state index is -0.366. The maximum atomic E-state index is 10.6. The average Bonchev–Trinajstić information content (AvgIpc) is 2.38. The summed E-state index contributed by atoms with van der Waals surface area (Å²) in [5, 5.41) is 3.79. The standard InChI is InChI=1S/C11H10ClN4O/c12-10(17)3-7-16-6-2-9(8-15-16)11-13-4-1-5-14-11/h1-2,4-6,8H,3,7H2/q+1. The van der Waals surface area contributed by atoms with E-state index in [0.29, 0.717) is 12.4 Å². The Kier molecular flexibility index (Phi) is 3.72. The highest BCUT2D eigenvalue weighted by atomic mass is 35.5. The van der Waals surface area contributed by atoms with E-state index in [-0.39, 0.29) is 11.7 Å². The molecule has 2 aromatic heterocycles. The molecular formula is C11H10ClN4O+. The monoisotopic (exact) mass is 249 g/mol. The van der Waals surface area contributed by atoms with Gasteiger partial charge in [0.25, 0.3) is 0 Å². The Morgan fingerprint density at radius 2 is 2.12 bits per heavy atom. The minimum Gasteiger partial charge on any atom is -0.281 e. The first-order chi connectivity index (χ1) is 8.25. The number of hydrogen-bond donors (Lipinski definition) is 0. The normalized spacial score (nSPS) is 10.2. The Balaban J connectivity index is 2.11. The third-order valence-corrected chi connectivity index (χ3v) is 2.32. The average molecular weight is 250 g/mol. The third kappa shape index (κ3) is 3.29. The van der Waals surface area contributed by atoms with Gasteiger partial charge in [0.15, 0.2) is 18.6 Å². The Morgan fingerprint density at radius 3 is 2.71 bits per heavy atom. The number of halogens is 1. The maximum absolute atomic E-state index is 10.6. The molecule has 0 aromatic carbocycles. The summed E-state index contributed by atoms with van der Waals surface area (Å²) in [7, 11) is 0. The van der Waals surface area contributed by atoms with E-state index in [1.807, 2.05) is 6.07 Å². The molecule has 0 amide bonds. The number of hydrogen-bond acceptors (Lipinski definition) is 4. The van der Waals surface area contributed by atoms with Crippen LogP contribution in [-0.4, -0.2) is 20.3 Å². The molecular weight excluding hydrogens is 240 g/mol. The summed E-state index contributed by atoms with van der Waals surface area (Å²) in [5.74, 6) is 0.626. The van der Waals surface area contributed by atoms with E-state index >= 15 is 0 Å². The number of carbonyl (C=O) groups is 1. The molecule has 0 aliphatic rings. The van der Waals surface area contributed by atoms with Crippen LogP contribution in [0, 0.1) is 0 Å². The van der Waals surface area contributed by atoms with Crippen molar-refractivity contribution in [3.63, 3.8) is 0 Å². The molecule has 0 atom stereocenters. The highest BCUT2D eigenvalue weighted by molar-refractivity contribution is 6.63. The van der Waals surface area contributed by atoms with Gasteiger partial charge in [0.05, 0.1) is 6.42 Å². The van der Waals surface area contributed by atoms with Gasteiger partial charge in [-0.1, -0.05) is 4.68 Å². The van der Waals surface area contributed by atoms with Gasteiger partial charge in [-0.15, -0.1) is 0 Å². The Labute approximate surface area is 103 Å². The lowest BCUT2D eigenvalue weighted by atomic mass is 10.3. The molecule has 0 aliphatic heterocycles. The van der Waals surface area contributed by atoms with E-state index in [2.05, 4.69) is 15.1 Å². The van der Waals surface area contributed by atoms with Crippen LogP contribution in [0.3, 0.4) is 0 Å². The topological polar surface area (TPSA) is 59.6 Å². The van der Waals surface area contributed by atoms with Crippen molar-refractivity contribution in [2.24, 2.45) is 0 Å². The number of rotatable bonds is 4. The zero-order valence-electron chi connectivity index (χ0n) is 8.95. The van der Waals surface area contributed by atoms with Crippen molar-refractivity contribution in [3.05, 3.63) is 36.9 Å². The van der Waals surface area contributed by atoms with Crippen LogP contribution < -0.4 is 4.68 Å². The molecule has 2 rings (SSSR count). The second-order valence-corrected chi connectivity index (χ2v) is 3.78. The molecule has 0 spiro atoms. The molecule has 0 N–H and O–H groups in total. The Morgan fingerprint density at radius 1 is 1.35 bits per heavy atom. The largest absolute Gasteiger partial charge is 0.281 e. The van der Waals surface area contributed by atoms with Gasteiger partial charge in [0.1, 0.15) is 6.20 Å². The van der Waals surface area contributed by atoms with Crippen molar-refractivity contribution in [3.8, 4) is 11.4 Å². The maximum Gasteiger partial charge on any atom is 0.228 e. The van der Waals surface area contributed by atoms with E-state index in [9.17, 15) is 4.79 Å². The SMILES string of the molecule is O=C(Cl)CC[n+]1ccc(-c2ncccn2)cn1. The van der Waals surface area contributed by atoms with Crippen LogP contribution in [0.15, 0.2) is 36.9 Å². The summed E-state index contributed by atoms with van der Waals surface area (Å²) >= 11 is 5.25. The lowest BCUT2D eigenvalue weighted by molar-refractivity contribution is -0.752. The van der Waals surface area contributed by atoms with Gasteiger partial charge >= 0.3 is 0 Å². The van der Waals surface area contributed by atoms with Crippen molar-refractivity contribution in [1.29, 1.82) is 0 Å². The molecule has 86 valence electrons. The second kappa shape index (κ2) is 5.45. The Hall–Kier alpha value is -1.88. The van der Waals surface area contributed by atoms with Gasteiger partial charge in [-0.05, 0) is 22.8 Å². The molecule has 2 aromatic rings. The summed E-state index contributed by atoms with van der Waals surface area (Å²) in [6.07, 6.45) is 7.05. The highest BCUT2D eigenvalue weighted by Crippen LogP contribution is 2.09. The molecule has 5 nitrogen and oxygen atoms in total. The smallest absolute Gasteiger partial charge is 0.228 e. The molecule has 0 aliphatic carbocycles. The Bertz CT molecular complexity index is 501. The van der Waals surface area contributed by atoms with Crippen LogP contribution in [0.5, 0.6) is 0 Å². The molecule has 0 radical (unpaired) electrons. The van der Waals surface area contributed by atoms with Crippen molar-refractivity contribution in [1.82, 2.24) is 15.1 Å². The third-order valence-electron chi connectivity index (χ3n) is 2.13. The summed E-state index contributed by atoms with van der Waals surface area (Å²) < 4.78 is 1.65. The van der Waals surface area contributed by atoms with Crippen molar-refractivity contribution in [2.45, 2.75) is 13.0 Å². The van der Waals surface area contributed by atoms with E-state index in [4.69, 9.17) is 11.6 Å². The first-order valence-electron chi connectivity index (χ1n) is 5.07. The van der Waals surface area contributed by atoms with Crippen molar-refractivity contribution >= 4 is 16.8 Å². The van der Waals surface area contributed by atoms with Gasteiger partial charge in [-0.25, -0.2) is 9.97 Å². The lowest BCUT2D eigenvalue weighted by Crippen LogP contribution is -2.37. The van der Waals surface area contributed by atoms with Crippen molar-refractivity contribution in [2.75, 3.05) is 0 Å². The highest BCUT2D eigenvalue weighted by Gasteiger charge is 2.07. The molecule has 0 unspecified atom stereocenters. The first kappa shape index (κ1) is 11.6. The van der Waals surface area contributed by atoms with Gasteiger partial charge in [0, 0.05) is 24.0 Å². The molecule has 0 saturated heterocycles. The van der Waals surface area contributed by atoms with E-state index < -0.39 is 0 Å². The predicted molar refractivity (Wildman–Crippen MR) is 60.9 cm³/mol. The lowest BCUT2D eigenvalue weighted by Gasteiger charge is -1.96. The molecule has 0 saturated carbocycles. The fraction of sp³-hybridized carbons (Fsp3) is 0.182. The molecule has 17 heavy (non-hydrogen) atoms. The van der Waals surface area contributed by atoms with Gasteiger partial charge < -0.3 is 0 Å². The predicted octanol–water partition coefficient (Wildman–Crippen LogP) is 0.982. The fourth-order valence-corrected chi connectivity index (χ4v) is 1.38. The number of aryl methyl sites for hydroxylation is 1. The summed E-state index contributed by atoms with van der Waals surface area (Å²) in [5.41, 5.74) is 0.832.